The monoisotopic (exact) mass is 921 g/mol. The lowest BCUT2D eigenvalue weighted by atomic mass is 9.79. The molecule has 1 saturated heterocycles. The number of rotatable bonds is 21. The van der Waals surface area contributed by atoms with Crippen LogP contribution in [0.15, 0.2) is 47.6 Å². The number of methoxy groups -OCH3 is 1. The van der Waals surface area contributed by atoms with Gasteiger partial charge in [0.15, 0.2) is 25.0 Å². The van der Waals surface area contributed by atoms with Crippen LogP contribution in [0, 0.1) is 17.8 Å². The normalized spacial score (nSPS) is 29.9. The number of unbranched alkanes of at least 4 members (excludes halogenated alkanes) is 2. The maximum absolute atomic E-state index is 14.2. The molecule has 62 heavy (non-hydrogen) atoms. The summed E-state index contributed by atoms with van der Waals surface area (Å²) in [4.78, 5) is 14.2. The Balaban J connectivity index is 2.84. The summed E-state index contributed by atoms with van der Waals surface area (Å²) in [6.07, 6.45) is 15.4. The second kappa shape index (κ2) is 25.7. The minimum Gasteiger partial charge on any atom is -0.456 e. The molecule has 0 saturated carbocycles. The van der Waals surface area contributed by atoms with Gasteiger partial charge < -0.3 is 32.2 Å². The zero-order chi connectivity index (χ0) is 47.1. The predicted octanol–water partition coefficient (Wildman–Crippen LogP) is 14.1. The zero-order valence-electron chi connectivity index (χ0n) is 43.4. The highest BCUT2D eigenvalue weighted by molar-refractivity contribution is 6.74. The number of cyclic esters (lactones) is 1. The molecule has 0 N–H and O–H groups in total. The van der Waals surface area contributed by atoms with Crippen LogP contribution in [0.4, 0.5) is 0 Å². The Bertz CT molecular complexity index is 1440. The summed E-state index contributed by atoms with van der Waals surface area (Å²) < 4.78 is 48.4. The third-order valence-electron chi connectivity index (χ3n) is 15.5. The largest absolute Gasteiger partial charge is 0.456 e. The highest BCUT2D eigenvalue weighted by Gasteiger charge is 2.50. The van der Waals surface area contributed by atoms with Crippen molar-refractivity contribution in [2.45, 2.75) is 240 Å². The van der Waals surface area contributed by atoms with Gasteiger partial charge in [-0.3, -0.25) is 0 Å². The Morgan fingerprint density at radius 3 is 2.00 bits per heavy atom. The van der Waals surface area contributed by atoms with Gasteiger partial charge in [-0.25, -0.2) is 4.79 Å². The summed E-state index contributed by atoms with van der Waals surface area (Å²) in [5.41, 5.74) is 1.34. The van der Waals surface area contributed by atoms with Crippen LogP contribution in [0.2, 0.25) is 54.4 Å². The number of hydrogen-bond donors (Lipinski definition) is 0. The second-order valence-corrected chi connectivity index (χ2v) is 34.8. The fourth-order valence-electron chi connectivity index (χ4n) is 9.41. The SMILES string of the molecule is CCCCC[C@@H]1OCO[C@@]2(C)/C=C(C)/C=C/C(=O)O[C@H]([C@@H](C)[C@@H](O[Si](C)(C)C(C)(C)C)[C@H](C)[C@@H](C)O[Si](CC)(CC)CC)[C@@H](OC)/C=C/C=C(\C)C[C@H]1[C@H]2O[Si](CC)(CC)CC. The molecule has 0 aromatic rings. The first-order valence-electron chi connectivity index (χ1n) is 24.7. The van der Waals surface area contributed by atoms with Crippen LogP contribution in [0.1, 0.15) is 143 Å². The van der Waals surface area contributed by atoms with E-state index in [4.69, 9.17) is 32.2 Å². The van der Waals surface area contributed by atoms with Gasteiger partial charge in [0.1, 0.15) is 24.6 Å². The minimum absolute atomic E-state index is 0.0148. The van der Waals surface area contributed by atoms with E-state index in [1.54, 1.807) is 13.2 Å². The van der Waals surface area contributed by atoms with Crippen molar-refractivity contribution in [3.8, 4) is 0 Å². The Morgan fingerprint density at radius 2 is 1.47 bits per heavy atom. The first-order valence-corrected chi connectivity index (χ1v) is 32.7. The zero-order valence-corrected chi connectivity index (χ0v) is 46.4. The van der Waals surface area contributed by atoms with E-state index in [2.05, 4.69) is 141 Å². The van der Waals surface area contributed by atoms with E-state index >= 15 is 0 Å². The van der Waals surface area contributed by atoms with Crippen molar-refractivity contribution < 1.29 is 37.0 Å². The number of esters is 1. The molecule has 0 aromatic carbocycles. The molecular formula is C51H96O8Si3. The van der Waals surface area contributed by atoms with Crippen LogP contribution in [0.25, 0.3) is 0 Å². The van der Waals surface area contributed by atoms with Gasteiger partial charge in [-0.05, 0) is 101 Å². The number of carbonyl (C=O) groups is 1. The third kappa shape index (κ3) is 15.5. The van der Waals surface area contributed by atoms with Crippen LogP contribution >= 0.6 is 0 Å². The summed E-state index contributed by atoms with van der Waals surface area (Å²) >= 11 is 0. The van der Waals surface area contributed by atoms with E-state index in [-0.39, 0.29) is 54.0 Å². The van der Waals surface area contributed by atoms with Gasteiger partial charge in [-0.15, -0.1) is 0 Å². The van der Waals surface area contributed by atoms with Crippen molar-refractivity contribution in [2.24, 2.45) is 17.8 Å². The van der Waals surface area contributed by atoms with Crippen molar-refractivity contribution in [3.05, 3.63) is 47.6 Å². The van der Waals surface area contributed by atoms with Crippen LogP contribution in [-0.4, -0.2) is 87.0 Å². The van der Waals surface area contributed by atoms with E-state index < -0.39 is 48.7 Å². The summed E-state index contributed by atoms with van der Waals surface area (Å²) in [6.45, 7) is 40.7. The molecule has 0 aromatic heterocycles. The van der Waals surface area contributed by atoms with E-state index in [0.717, 1.165) is 73.9 Å². The number of carbonyl (C=O) groups excluding carboxylic acids is 1. The topological polar surface area (TPSA) is 81.7 Å². The fourth-order valence-corrected chi connectivity index (χ4v) is 16.8. The van der Waals surface area contributed by atoms with Crippen molar-refractivity contribution >= 4 is 30.9 Å². The number of fused-ring (bicyclic) bond motifs is 2. The van der Waals surface area contributed by atoms with Crippen molar-refractivity contribution in [3.63, 3.8) is 0 Å². The molecule has 2 rings (SSSR count). The van der Waals surface area contributed by atoms with Crippen LogP contribution in [0.3, 0.4) is 0 Å². The van der Waals surface area contributed by atoms with Gasteiger partial charge >= 0.3 is 5.97 Å². The Labute approximate surface area is 385 Å². The summed E-state index contributed by atoms with van der Waals surface area (Å²) in [5.74, 6) is -0.562. The smallest absolute Gasteiger partial charge is 0.331 e. The predicted molar refractivity (Wildman–Crippen MR) is 268 cm³/mol. The third-order valence-corrected chi connectivity index (χ3v) is 29.3. The van der Waals surface area contributed by atoms with Crippen LogP contribution < -0.4 is 0 Å². The van der Waals surface area contributed by atoms with E-state index in [9.17, 15) is 4.79 Å². The van der Waals surface area contributed by atoms with Gasteiger partial charge in [0.25, 0.3) is 0 Å². The quantitative estimate of drug-likeness (QED) is 0.0640. The average Bonchev–Trinajstić information content (AvgIpc) is 3.34. The molecule has 2 heterocycles. The molecule has 0 radical (unpaired) electrons. The first-order chi connectivity index (χ1) is 29.0. The van der Waals surface area contributed by atoms with Crippen molar-refractivity contribution in [1.29, 1.82) is 0 Å². The van der Waals surface area contributed by atoms with Gasteiger partial charge in [0, 0.05) is 37.0 Å². The minimum atomic E-state index is -2.30. The highest BCUT2D eigenvalue weighted by atomic mass is 28.4. The van der Waals surface area contributed by atoms with Crippen molar-refractivity contribution in [1.82, 2.24) is 0 Å². The van der Waals surface area contributed by atoms with E-state index in [1.165, 1.54) is 5.57 Å². The molecule has 2 aliphatic rings. The van der Waals surface area contributed by atoms with E-state index in [0.29, 0.717) is 0 Å². The molecule has 360 valence electrons. The Kier molecular flexibility index (Phi) is 23.6. The lowest BCUT2D eigenvalue weighted by Crippen LogP contribution is -2.54. The lowest BCUT2D eigenvalue weighted by molar-refractivity contribution is -0.157. The maximum atomic E-state index is 14.2. The van der Waals surface area contributed by atoms with Crippen LogP contribution in [0.5, 0.6) is 0 Å². The molecule has 1 fully saturated rings. The number of allylic oxidation sites excluding steroid dienone is 5. The second-order valence-electron chi connectivity index (χ2n) is 20.6. The summed E-state index contributed by atoms with van der Waals surface area (Å²) in [7, 11) is -4.62. The van der Waals surface area contributed by atoms with Gasteiger partial charge in [-0.2, -0.15) is 0 Å². The number of ether oxygens (including phenoxy) is 4. The number of hydrogen-bond acceptors (Lipinski definition) is 8. The summed E-state index contributed by atoms with van der Waals surface area (Å²) in [5, 5.41) is -0.0227. The molecule has 8 nitrogen and oxygen atoms in total. The molecule has 0 unspecified atom stereocenters. The molecule has 2 aliphatic heterocycles. The molecular weight excluding hydrogens is 825 g/mol. The van der Waals surface area contributed by atoms with Crippen LogP contribution in [-0.2, 0) is 37.0 Å². The van der Waals surface area contributed by atoms with Gasteiger partial charge in [0.2, 0.25) is 0 Å². The van der Waals surface area contributed by atoms with E-state index in [1.807, 2.05) is 13.0 Å². The van der Waals surface area contributed by atoms with Crippen molar-refractivity contribution in [2.75, 3.05) is 13.9 Å². The molecule has 2 bridgehead atoms. The fraction of sp³-hybridized carbons (Fsp3) is 0.824. The Hall–Kier alpha value is -1.16. The summed E-state index contributed by atoms with van der Waals surface area (Å²) in [6, 6.07) is 6.35. The maximum Gasteiger partial charge on any atom is 0.331 e. The lowest BCUT2D eigenvalue weighted by Gasteiger charge is -2.46. The molecule has 11 heteroatoms. The Morgan fingerprint density at radius 1 is 0.871 bits per heavy atom. The highest BCUT2D eigenvalue weighted by Crippen LogP contribution is 2.43. The van der Waals surface area contributed by atoms with Gasteiger partial charge in [0.05, 0.1) is 18.3 Å². The first kappa shape index (κ1) is 57.0. The molecule has 0 aliphatic carbocycles. The molecule has 0 amide bonds. The standard InChI is InChI=1S/C51H96O8Si3/c1-20-27-28-31-44-43-35-38(8)30-29-32-45(53-17)48(41(11)47(58-60(18,19)50(13,14)15)40(10)42(12)57-61(21-2,22-3)23-4)56-46(52)34-33-39(9)36-51(16,55-37-54-44)49(43)59-62(24-5,25-6)26-7/h29-30,32-34,36,40-45,47-49H,20-28,31,35,37H2,1-19H3/b32-29+,34-33+,38-30+,39-36+/t40-,41+,42-,43-,44+,45+,47+,48-,49-,51+/m1/s1. The average molecular weight is 922 g/mol. The molecule has 0 spiro atoms. The van der Waals surface area contributed by atoms with Gasteiger partial charge in [-0.1, -0.05) is 138 Å². The molecule has 10 atom stereocenters.